The van der Waals surface area contributed by atoms with Crippen LogP contribution in [-0.4, -0.2) is 18.9 Å². The van der Waals surface area contributed by atoms with Crippen molar-refractivity contribution in [3.8, 4) is 0 Å². The first-order valence-electron chi connectivity index (χ1n) is 5.96. The molecule has 3 nitrogen and oxygen atoms in total. The van der Waals surface area contributed by atoms with Crippen LogP contribution >= 0.6 is 15.9 Å². The summed E-state index contributed by atoms with van der Waals surface area (Å²) < 4.78 is 11.2. The van der Waals surface area contributed by atoms with Crippen LogP contribution in [0.4, 0.5) is 4.79 Å². The van der Waals surface area contributed by atoms with E-state index in [-0.39, 0.29) is 12.0 Å². The van der Waals surface area contributed by atoms with Crippen LogP contribution in [0.25, 0.3) is 0 Å². The average Bonchev–Trinajstić information content (AvgIpc) is 2.78. The minimum absolute atomic E-state index is 0.113. The van der Waals surface area contributed by atoms with E-state index in [1.165, 1.54) is 0 Å². The van der Waals surface area contributed by atoms with Crippen molar-refractivity contribution in [2.75, 3.05) is 6.61 Å². The van der Waals surface area contributed by atoms with E-state index in [1.807, 2.05) is 30.3 Å². The minimum atomic E-state index is -0.590. The fraction of sp³-hybridized carbons (Fsp3) is 0.357. The Morgan fingerprint density at radius 1 is 1.39 bits per heavy atom. The molecular formula is C14H15BrO3. The van der Waals surface area contributed by atoms with E-state index in [2.05, 4.69) is 22.0 Å². The lowest BCUT2D eigenvalue weighted by Crippen LogP contribution is -2.22. The van der Waals surface area contributed by atoms with Crippen LogP contribution in [0.15, 0.2) is 40.9 Å². The van der Waals surface area contributed by atoms with Crippen molar-refractivity contribution in [3.63, 3.8) is 0 Å². The van der Waals surface area contributed by atoms with Crippen LogP contribution < -0.4 is 0 Å². The highest BCUT2D eigenvalue weighted by Crippen LogP contribution is 2.32. The van der Waals surface area contributed by atoms with Crippen molar-refractivity contribution in [3.05, 3.63) is 46.5 Å². The summed E-state index contributed by atoms with van der Waals surface area (Å²) in [5.41, 5.74) is 1.14. The second kappa shape index (κ2) is 6.05. The maximum atomic E-state index is 11.4. The molecule has 0 fully saturated rings. The third-order valence-electron chi connectivity index (χ3n) is 2.88. The summed E-state index contributed by atoms with van der Waals surface area (Å²) in [6, 6.07) is 8.05. The SMILES string of the molecule is CCOC(=O)O[C@@H]1CC=C[C@H]1c1ccc(Br)cc1. The van der Waals surface area contributed by atoms with Crippen LogP contribution in [0, 0.1) is 0 Å². The molecule has 2 rings (SSSR count). The molecular weight excluding hydrogens is 296 g/mol. The third kappa shape index (κ3) is 3.13. The zero-order valence-electron chi connectivity index (χ0n) is 10.1. The van der Waals surface area contributed by atoms with E-state index in [0.29, 0.717) is 6.61 Å². The van der Waals surface area contributed by atoms with Crippen LogP contribution in [0.5, 0.6) is 0 Å². The third-order valence-corrected chi connectivity index (χ3v) is 3.41. The number of hydrogen-bond donors (Lipinski definition) is 0. The second-order valence-electron chi connectivity index (χ2n) is 4.08. The molecule has 1 aromatic rings. The van der Waals surface area contributed by atoms with Crippen molar-refractivity contribution < 1.29 is 14.3 Å². The molecule has 0 amide bonds. The van der Waals surface area contributed by atoms with E-state index in [0.717, 1.165) is 16.5 Å². The summed E-state index contributed by atoms with van der Waals surface area (Å²) in [7, 11) is 0. The number of ether oxygens (including phenoxy) is 2. The molecule has 0 aromatic heterocycles. The van der Waals surface area contributed by atoms with Crippen LogP contribution in [0.1, 0.15) is 24.8 Å². The van der Waals surface area contributed by atoms with Crippen molar-refractivity contribution in [2.45, 2.75) is 25.4 Å². The maximum Gasteiger partial charge on any atom is 0.508 e. The summed E-state index contributed by atoms with van der Waals surface area (Å²) in [4.78, 5) is 11.4. The molecule has 1 aromatic carbocycles. The smallest absolute Gasteiger partial charge is 0.435 e. The van der Waals surface area contributed by atoms with Crippen LogP contribution in [-0.2, 0) is 9.47 Å². The van der Waals surface area contributed by atoms with Gasteiger partial charge in [0.25, 0.3) is 0 Å². The van der Waals surface area contributed by atoms with Gasteiger partial charge < -0.3 is 9.47 Å². The Kier molecular flexibility index (Phi) is 4.42. The van der Waals surface area contributed by atoms with Gasteiger partial charge in [-0.2, -0.15) is 0 Å². The van der Waals surface area contributed by atoms with Crippen LogP contribution in [0.3, 0.4) is 0 Å². The zero-order chi connectivity index (χ0) is 13.0. The Bertz CT molecular complexity index is 439. The summed E-state index contributed by atoms with van der Waals surface area (Å²) in [5.74, 6) is 0.113. The highest BCUT2D eigenvalue weighted by Gasteiger charge is 2.28. The number of rotatable bonds is 3. The Balaban J connectivity index is 2.05. The Morgan fingerprint density at radius 2 is 2.11 bits per heavy atom. The van der Waals surface area contributed by atoms with Gasteiger partial charge in [-0.15, -0.1) is 0 Å². The molecule has 1 aliphatic carbocycles. The van der Waals surface area contributed by atoms with Gasteiger partial charge in [0.15, 0.2) is 0 Å². The zero-order valence-corrected chi connectivity index (χ0v) is 11.7. The lowest BCUT2D eigenvalue weighted by molar-refractivity contribution is 0.0253. The molecule has 2 atom stereocenters. The van der Waals surface area contributed by atoms with E-state index in [9.17, 15) is 4.79 Å². The lowest BCUT2D eigenvalue weighted by atomic mass is 9.96. The highest BCUT2D eigenvalue weighted by molar-refractivity contribution is 9.10. The molecule has 0 bridgehead atoms. The Morgan fingerprint density at radius 3 is 2.78 bits per heavy atom. The van der Waals surface area contributed by atoms with Gasteiger partial charge in [-0.3, -0.25) is 0 Å². The average molecular weight is 311 g/mol. The normalized spacial score (nSPS) is 21.9. The number of carbonyl (C=O) groups is 1. The first-order valence-corrected chi connectivity index (χ1v) is 6.75. The van der Waals surface area contributed by atoms with Gasteiger partial charge in [0.2, 0.25) is 0 Å². The van der Waals surface area contributed by atoms with Gasteiger partial charge in [0.1, 0.15) is 6.10 Å². The Hall–Kier alpha value is -1.29. The van der Waals surface area contributed by atoms with Crippen molar-refractivity contribution in [2.24, 2.45) is 0 Å². The summed E-state index contributed by atoms with van der Waals surface area (Å²) >= 11 is 3.41. The van der Waals surface area contributed by atoms with Gasteiger partial charge in [-0.25, -0.2) is 4.79 Å². The first kappa shape index (κ1) is 13.1. The molecule has 0 spiro atoms. The molecule has 4 heteroatoms. The summed E-state index contributed by atoms with van der Waals surface area (Å²) in [6.07, 6.45) is 4.10. The quantitative estimate of drug-likeness (QED) is 0.624. The molecule has 0 saturated carbocycles. The van der Waals surface area contributed by atoms with E-state index in [4.69, 9.17) is 9.47 Å². The topological polar surface area (TPSA) is 35.5 Å². The maximum absolute atomic E-state index is 11.4. The predicted octanol–water partition coefficient (Wildman–Crippen LogP) is 4.03. The highest BCUT2D eigenvalue weighted by atomic mass is 79.9. The fourth-order valence-corrected chi connectivity index (χ4v) is 2.30. The van der Waals surface area contributed by atoms with Crippen LogP contribution in [0.2, 0.25) is 0 Å². The molecule has 0 heterocycles. The standard InChI is InChI=1S/C14H15BrO3/c1-2-17-14(16)18-13-5-3-4-12(13)10-6-8-11(15)9-7-10/h3-4,6-9,12-13H,2,5H2,1H3/t12-,13+/m0/s1. The number of hydrogen-bond acceptors (Lipinski definition) is 3. The second-order valence-corrected chi connectivity index (χ2v) is 5.00. The number of benzene rings is 1. The molecule has 0 aliphatic heterocycles. The molecule has 0 N–H and O–H groups in total. The van der Waals surface area contributed by atoms with Crippen molar-refractivity contribution in [1.29, 1.82) is 0 Å². The van der Waals surface area contributed by atoms with E-state index >= 15 is 0 Å². The summed E-state index contributed by atoms with van der Waals surface area (Å²) in [6.45, 7) is 2.10. The van der Waals surface area contributed by atoms with Gasteiger partial charge in [-0.1, -0.05) is 40.2 Å². The molecule has 0 saturated heterocycles. The van der Waals surface area contributed by atoms with Gasteiger partial charge in [0, 0.05) is 16.8 Å². The molecule has 18 heavy (non-hydrogen) atoms. The monoisotopic (exact) mass is 310 g/mol. The van der Waals surface area contributed by atoms with Crippen molar-refractivity contribution in [1.82, 2.24) is 0 Å². The summed E-state index contributed by atoms with van der Waals surface area (Å²) in [5, 5.41) is 0. The van der Waals surface area contributed by atoms with E-state index in [1.54, 1.807) is 6.92 Å². The number of halogens is 1. The van der Waals surface area contributed by atoms with E-state index < -0.39 is 6.16 Å². The predicted molar refractivity (Wildman–Crippen MR) is 72.5 cm³/mol. The molecule has 96 valence electrons. The minimum Gasteiger partial charge on any atom is -0.435 e. The largest absolute Gasteiger partial charge is 0.508 e. The molecule has 1 aliphatic rings. The molecule has 0 radical (unpaired) electrons. The Labute approximate surface area is 115 Å². The lowest BCUT2D eigenvalue weighted by Gasteiger charge is -2.19. The van der Waals surface area contributed by atoms with Gasteiger partial charge in [-0.05, 0) is 24.6 Å². The van der Waals surface area contributed by atoms with Gasteiger partial charge in [0.05, 0.1) is 6.61 Å². The molecule has 0 unspecified atom stereocenters. The van der Waals surface area contributed by atoms with Crippen molar-refractivity contribution >= 4 is 22.1 Å². The van der Waals surface area contributed by atoms with Gasteiger partial charge >= 0.3 is 6.16 Å². The first-order chi connectivity index (χ1) is 8.70. The number of carbonyl (C=O) groups excluding carboxylic acids is 1. The fourth-order valence-electron chi connectivity index (χ4n) is 2.04.